The molecule has 8 nitrogen and oxygen atoms in total. The molecule has 30 heavy (non-hydrogen) atoms. The summed E-state index contributed by atoms with van der Waals surface area (Å²) in [6, 6.07) is 5.62. The fourth-order valence-corrected chi connectivity index (χ4v) is 4.18. The Kier molecular flexibility index (Phi) is 5.46. The fourth-order valence-electron chi connectivity index (χ4n) is 3.30. The van der Waals surface area contributed by atoms with Crippen molar-refractivity contribution >= 4 is 22.2 Å². The van der Waals surface area contributed by atoms with Crippen molar-refractivity contribution < 1.29 is 9.47 Å². The Labute approximate surface area is 179 Å². The van der Waals surface area contributed by atoms with E-state index in [4.69, 9.17) is 9.47 Å². The first-order chi connectivity index (χ1) is 14.4. The highest BCUT2D eigenvalue weighted by Gasteiger charge is 2.40. The van der Waals surface area contributed by atoms with Crippen molar-refractivity contribution in [2.24, 2.45) is 13.0 Å². The highest BCUT2D eigenvalue weighted by atomic mass is 32.1. The van der Waals surface area contributed by atoms with E-state index in [1.54, 1.807) is 42.7 Å². The molecule has 4 rings (SSSR count). The van der Waals surface area contributed by atoms with Crippen molar-refractivity contribution in [1.82, 2.24) is 19.7 Å². The average Bonchev–Trinajstić information content (AvgIpc) is 3.45. The van der Waals surface area contributed by atoms with Crippen LogP contribution in [-0.4, -0.2) is 40.5 Å². The van der Waals surface area contributed by atoms with Crippen molar-refractivity contribution in [2.75, 3.05) is 25.7 Å². The van der Waals surface area contributed by atoms with Gasteiger partial charge in [0.25, 0.3) is 5.56 Å². The summed E-state index contributed by atoms with van der Waals surface area (Å²) in [6.45, 7) is 4.52. The second kappa shape index (κ2) is 8.06. The molecule has 0 bridgehead atoms. The number of pyridine rings is 1. The number of anilines is 2. The zero-order valence-electron chi connectivity index (χ0n) is 17.7. The largest absolute Gasteiger partial charge is 0.495 e. The van der Waals surface area contributed by atoms with E-state index < -0.39 is 0 Å². The summed E-state index contributed by atoms with van der Waals surface area (Å²) in [7, 11) is 5.10. The van der Waals surface area contributed by atoms with Crippen molar-refractivity contribution in [2.45, 2.75) is 26.2 Å². The van der Waals surface area contributed by atoms with Crippen molar-refractivity contribution in [3.63, 3.8) is 0 Å². The zero-order chi connectivity index (χ0) is 21.4. The van der Waals surface area contributed by atoms with Gasteiger partial charge in [-0.25, -0.2) is 9.67 Å². The number of hydrogen-bond donors (Lipinski definition) is 0. The van der Waals surface area contributed by atoms with Crippen LogP contribution in [0.25, 0.3) is 0 Å². The van der Waals surface area contributed by atoms with E-state index in [9.17, 15) is 4.79 Å². The second-order valence-electron chi connectivity index (χ2n) is 7.53. The summed E-state index contributed by atoms with van der Waals surface area (Å²) in [6.07, 6.45) is 2.76. The van der Waals surface area contributed by atoms with Crippen LogP contribution in [0, 0.1) is 19.8 Å². The third-order valence-electron chi connectivity index (χ3n) is 5.43. The van der Waals surface area contributed by atoms with E-state index in [0.29, 0.717) is 30.0 Å². The van der Waals surface area contributed by atoms with Gasteiger partial charge in [0, 0.05) is 42.6 Å². The van der Waals surface area contributed by atoms with Crippen molar-refractivity contribution in [3.8, 4) is 11.6 Å². The normalized spacial score (nSPS) is 17.6. The van der Waals surface area contributed by atoms with Gasteiger partial charge in [-0.3, -0.25) is 9.78 Å². The molecular weight excluding hydrogens is 402 g/mol. The SMILES string of the molecule is COc1ccc([C@H]2C[C@@H]2COc2cc(N(C)c3nc(C)c(C)s3)c(=O)n(C)n2)nc1. The number of ether oxygens (including phenoxy) is 2. The van der Waals surface area contributed by atoms with Crippen LogP contribution in [0.3, 0.4) is 0 Å². The maximum absolute atomic E-state index is 12.6. The molecule has 0 unspecified atom stereocenters. The summed E-state index contributed by atoms with van der Waals surface area (Å²) in [4.78, 5) is 24.6. The molecule has 0 spiro atoms. The maximum Gasteiger partial charge on any atom is 0.290 e. The summed E-state index contributed by atoms with van der Waals surface area (Å²) in [5.41, 5.74) is 2.31. The van der Waals surface area contributed by atoms with Gasteiger partial charge in [-0.15, -0.1) is 16.4 Å². The van der Waals surface area contributed by atoms with Gasteiger partial charge in [-0.1, -0.05) is 0 Å². The minimum absolute atomic E-state index is 0.193. The molecule has 1 saturated carbocycles. The first-order valence-corrected chi connectivity index (χ1v) is 10.6. The Balaban J connectivity index is 1.45. The van der Waals surface area contributed by atoms with Gasteiger partial charge < -0.3 is 14.4 Å². The minimum atomic E-state index is -0.193. The molecule has 9 heteroatoms. The Morgan fingerprint density at radius 3 is 2.77 bits per heavy atom. The van der Waals surface area contributed by atoms with Crippen LogP contribution in [0.4, 0.5) is 10.8 Å². The van der Waals surface area contributed by atoms with Crippen LogP contribution in [0.15, 0.2) is 29.2 Å². The Morgan fingerprint density at radius 1 is 1.33 bits per heavy atom. The Hall–Kier alpha value is -2.94. The topological polar surface area (TPSA) is 82.4 Å². The van der Waals surface area contributed by atoms with Crippen molar-refractivity contribution in [1.29, 1.82) is 0 Å². The summed E-state index contributed by atoms with van der Waals surface area (Å²) in [5, 5.41) is 5.03. The molecule has 0 amide bonds. The number of hydrogen-bond acceptors (Lipinski definition) is 8. The molecule has 1 aliphatic carbocycles. The Morgan fingerprint density at radius 2 is 2.13 bits per heavy atom. The zero-order valence-corrected chi connectivity index (χ0v) is 18.6. The lowest BCUT2D eigenvalue weighted by atomic mass is 10.2. The molecule has 0 N–H and O–H groups in total. The molecule has 1 aliphatic rings. The quantitative estimate of drug-likeness (QED) is 0.573. The number of aryl methyl sites for hydroxylation is 3. The lowest BCUT2D eigenvalue weighted by molar-refractivity contribution is 0.278. The molecule has 3 heterocycles. The van der Waals surface area contributed by atoms with Crippen LogP contribution >= 0.6 is 11.3 Å². The maximum atomic E-state index is 12.6. The van der Waals surface area contributed by atoms with Crippen LogP contribution in [-0.2, 0) is 7.05 Å². The van der Waals surface area contributed by atoms with Crippen molar-refractivity contribution in [3.05, 3.63) is 51.0 Å². The van der Waals surface area contributed by atoms with Gasteiger partial charge in [-0.05, 0) is 32.4 Å². The van der Waals surface area contributed by atoms with E-state index in [2.05, 4.69) is 15.1 Å². The van der Waals surface area contributed by atoms with E-state index in [-0.39, 0.29) is 5.56 Å². The third-order valence-corrected chi connectivity index (χ3v) is 6.58. The van der Waals surface area contributed by atoms with Gasteiger partial charge in [0.2, 0.25) is 5.88 Å². The Bertz CT molecular complexity index is 1090. The molecule has 0 aromatic carbocycles. The van der Waals surface area contributed by atoms with E-state index in [0.717, 1.165) is 33.6 Å². The molecule has 158 valence electrons. The predicted octanol–water partition coefficient (Wildman–Crippen LogP) is 3.21. The van der Waals surface area contributed by atoms with Gasteiger partial charge >= 0.3 is 0 Å². The second-order valence-corrected chi connectivity index (χ2v) is 8.71. The lowest BCUT2D eigenvalue weighted by Crippen LogP contribution is -2.27. The summed E-state index contributed by atoms with van der Waals surface area (Å²) < 4.78 is 12.4. The summed E-state index contributed by atoms with van der Waals surface area (Å²) >= 11 is 1.56. The smallest absolute Gasteiger partial charge is 0.290 e. The highest BCUT2D eigenvalue weighted by Crippen LogP contribution is 2.46. The van der Waals surface area contributed by atoms with Gasteiger partial charge in [0.05, 0.1) is 25.6 Å². The molecular formula is C21H25N5O3S. The van der Waals surface area contributed by atoms with Crippen LogP contribution in [0.2, 0.25) is 0 Å². The molecule has 1 fully saturated rings. The third kappa shape index (κ3) is 4.02. The lowest BCUT2D eigenvalue weighted by Gasteiger charge is -2.17. The van der Waals surface area contributed by atoms with Crippen LogP contribution in [0.1, 0.15) is 28.6 Å². The first-order valence-electron chi connectivity index (χ1n) is 9.76. The standard InChI is InChI=1S/C21H25N5O3S/c1-12-13(2)30-21(23-12)25(3)18-9-19(24-26(4)20(18)27)29-11-14-8-16(14)17-7-6-15(28-5)10-22-17/h6-7,9-10,14,16H,8,11H2,1-5H3/t14-,16+/m1/s1. The molecule has 0 aliphatic heterocycles. The fraction of sp³-hybridized carbons (Fsp3) is 0.429. The van der Waals surface area contributed by atoms with E-state index >= 15 is 0 Å². The van der Waals surface area contributed by atoms with Gasteiger partial charge in [-0.2, -0.15) is 0 Å². The molecule has 2 atom stereocenters. The number of nitrogens with zero attached hydrogens (tertiary/aromatic N) is 5. The van der Waals surface area contributed by atoms with E-state index in [1.165, 1.54) is 4.68 Å². The van der Waals surface area contributed by atoms with Crippen LogP contribution < -0.4 is 19.9 Å². The highest BCUT2D eigenvalue weighted by molar-refractivity contribution is 7.15. The molecule has 3 aromatic rings. The number of thiazole rings is 1. The number of methoxy groups -OCH3 is 1. The van der Waals surface area contributed by atoms with E-state index in [1.807, 2.05) is 33.0 Å². The molecule has 0 saturated heterocycles. The van der Waals surface area contributed by atoms with Gasteiger partial charge in [0.1, 0.15) is 11.4 Å². The minimum Gasteiger partial charge on any atom is -0.495 e. The number of aromatic nitrogens is 4. The molecule has 3 aromatic heterocycles. The molecule has 0 radical (unpaired) electrons. The van der Waals surface area contributed by atoms with Crippen LogP contribution in [0.5, 0.6) is 11.6 Å². The first kappa shape index (κ1) is 20.3. The number of rotatable bonds is 7. The average molecular weight is 428 g/mol. The monoisotopic (exact) mass is 427 g/mol. The van der Waals surface area contributed by atoms with Gasteiger partial charge in [0.15, 0.2) is 5.13 Å². The predicted molar refractivity (Wildman–Crippen MR) is 116 cm³/mol. The summed E-state index contributed by atoms with van der Waals surface area (Å²) in [5.74, 6) is 1.95.